The summed E-state index contributed by atoms with van der Waals surface area (Å²) in [5.41, 5.74) is 0.750. The second kappa shape index (κ2) is 6.33. The van der Waals surface area contributed by atoms with E-state index >= 15 is 0 Å². The number of nitrogens with zero attached hydrogens (tertiary/aromatic N) is 2. The predicted molar refractivity (Wildman–Crippen MR) is 74.2 cm³/mol. The van der Waals surface area contributed by atoms with Crippen LogP contribution in [0.3, 0.4) is 0 Å². The Bertz CT molecular complexity index is 652. The third-order valence-corrected chi connectivity index (χ3v) is 2.91. The SMILES string of the molecule is Cc1noc(COc2ccc(C=CC(=O)O)cc2Br)n1. The first-order chi connectivity index (χ1) is 9.54. The summed E-state index contributed by atoms with van der Waals surface area (Å²) in [4.78, 5) is 14.5. The van der Waals surface area contributed by atoms with Crippen LogP contribution in [0.1, 0.15) is 17.3 Å². The number of hydrogen-bond donors (Lipinski definition) is 1. The maximum atomic E-state index is 10.4. The molecule has 0 atom stereocenters. The molecule has 1 aromatic heterocycles. The van der Waals surface area contributed by atoms with Gasteiger partial charge in [0.05, 0.1) is 4.47 Å². The maximum Gasteiger partial charge on any atom is 0.328 e. The smallest absolute Gasteiger partial charge is 0.328 e. The first-order valence-electron chi connectivity index (χ1n) is 5.67. The molecule has 0 amide bonds. The highest BCUT2D eigenvalue weighted by atomic mass is 79.9. The standard InChI is InChI=1S/C13H11BrN2O4/c1-8-15-12(20-16-8)7-19-11-4-2-9(6-10(11)14)3-5-13(17)18/h2-6H,7H2,1H3,(H,17,18). The number of carboxylic acid groups (broad SMARTS) is 1. The highest BCUT2D eigenvalue weighted by Gasteiger charge is 2.06. The van der Waals surface area contributed by atoms with Gasteiger partial charge in [0.1, 0.15) is 5.75 Å². The van der Waals surface area contributed by atoms with Gasteiger partial charge in [-0.05, 0) is 46.6 Å². The number of aliphatic carboxylic acids is 1. The topological polar surface area (TPSA) is 85.5 Å². The van der Waals surface area contributed by atoms with Crippen LogP contribution >= 0.6 is 15.9 Å². The number of benzene rings is 1. The molecule has 2 aromatic rings. The average molecular weight is 339 g/mol. The molecule has 20 heavy (non-hydrogen) atoms. The molecule has 6 nitrogen and oxygen atoms in total. The first kappa shape index (κ1) is 14.3. The molecule has 0 aliphatic rings. The summed E-state index contributed by atoms with van der Waals surface area (Å²) < 4.78 is 11.2. The number of aryl methyl sites for hydroxylation is 1. The number of ether oxygens (including phenoxy) is 1. The molecule has 0 aliphatic carbocycles. The summed E-state index contributed by atoms with van der Waals surface area (Å²) in [5, 5.41) is 12.2. The van der Waals surface area contributed by atoms with Crippen LogP contribution in [-0.2, 0) is 11.4 Å². The van der Waals surface area contributed by atoms with Gasteiger partial charge in [0.25, 0.3) is 5.89 Å². The number of halogens is 1. The van der Waals surface area contributed by atoms with Crippen molar-refractivity contribution in [1.82, 2.24) is 10.1 Å². The van der Waals surface area contributed by atoms with Crippen molar-refractivity contribution in [3.05, 3.63) is 46.0 Å². The molecule has 1 N–H and O–H groups in total. The molecule has 0 fully saturated rings. The van der Waals surface area contributed by atoms with Gasteiger partial charge in [0, 0.05) is 6.08 Å². The zero-order valence-electron chi connectivity index (χ0n) is 10.5. The van der Waals surface area contributed by atoms with E-state index in [1.54, 1.807) is 25.1 Å². The predicted octanol–water partition coefficient (Wildman–Crippen LogP) is 2.82. The molecule has 1 heterocycles. The molecule has 2 rings (SSSR count). The molecule has 0 saturated carbocycles. The van der Waals surface area contributed by atoms with Gasteiger partial charge in [-0.25, -0.2) is 4.79 Å². The molecular weight excluding hydrogens is 328 g/mol. The van der Waals surface area contributed by atoms with E-state index in [-0.39, 0.29) is 6.61 Å². The van der Waals surface area contributed by atoms with Crippen molar-refractivity contribution in [1.29, 1.82) is 0 Å². The zero-order chi connectivity index (χ0) is 14.5. The monoisotopic (exact) mass is 338 g/mol. The Balaban J connectivity index is 2.04. The van der Waals surface area contributed by atoms with Crippen LogP contribution in [0.4, 0.5) is 0 Å². The number of rotatable bonds is 5. The van der Waals surface area contributed by atoms with Crippen molar-refractivity contribution >= 4 is 28.0 Å². The fourth-order valence-corrected chi connectivity index (χ4v) is 1.95. The van der Waals surface area contributed by atoms with E-state index in [1.165, 1.54) is 6.08 Å². The Labute approximate surface area is 123 Å². The molecule has 0 spiro atoms. The van der Waals surface area contributed by atoms with Crippen LogP contribution in [0.5, 0.6) is 5.75 Å². The van der Waals surface area contributed by atoms with Crippen LogP contribution in [0.2, 0.25) is 0 Å². The molecule has 0 aliphatic heterocycles. The number of carboxylic acids is 1. The molecule has 0 unspecified atom stereocenters. The van der Waals surface area contributed by atoms with E-state index < -0.39 is 5.97 Å². The Hall–Kier alpha value is -2.15. The Morgan fingerprint density at radius 1 is 1.55 bits per heavy atom. The normalized spacial score (nSPS) is 10.9. The summed E-state index contributed by atoms with van der Waals surface area (Å²) in [6, 6.07) is 5.24. The Morgan fingerprint density at radius 2 is 2.35 bits per heavy atom. The van der Waals surface area contributed by atoms with E-state index in [4.69, 9.17) is 14.4 Å². The van der Waals surface area contributed by atoms with Crippen LogP contribution in [0.25, 0.3) is 6.08 Å². The van der Waals surface area contributed by atoms with E-state index in [9.17, 15) is 4.79 Å². The molecule has 7 heteroatoms. The third-order valence-electron chi connectivity index (χ3n) is 2.30. The van der Waals surface area contributed by atoms with Gasteiger partial charge in [-0.1, -0.05) is 11.2 Å². The van der Waals surface area contributed by atoms with Gasteiger partial charge < -0.3 is 14.4 Å². The third kappa shape index (κ3) is 3.92. The van der Waals surface area contributed by atoms with Gasteiger partial charge in [0.2, 0.25) is 0 Å². The van der Waals surface area contributed by atoms with E-state index in [2.05, 4.69) is 26.1 Å². The summed E-state index contributed by atoms with van der Waals surface area (Å²) in [7, 11) is 0. The van der Waals surface area contributed by atoms with Crippen molar-refractivity contribution < 1.29 is 19.2 Å². The molecule has 1 aromatic carbocycles. The van der Waals surface area contributed by atoms with Gasteiger partial charge in [0.15, 0.2) is 12.4 Å². The lowest BCUT2D eigenvalue weighted by Crippen LogP contribution is -1.96. The van der Waals surface area contributed by atoms with Crippen molar-refractivity contribution in [2.75, 3.05) is 0 Å². The van der Waals surface area contributed by atoms with Crippen molar-refractivity contribution in [3.63, 3.8) is 0 Å². The van der Waals surface area contributed by atoms with Gasteiger partial charge in [-0.2, -0.15) is 4.98 Å². The first-order valence-corrected chi connectivity index (χ1v) is 6.46. The quantitative estimate of drug-likeness (QED) is 0.843. The minimum Gasteiger partial charge on any atom is -0.483 e. The van der Waals surface area contributed by atoms with E-state index in [0.717, 1.165) is 11.6 Å². The second-order valence-electron chi connectivity index (χ2n) is 3.89. The lowest BCUT2D eigenvalue weighted by molar-refractivity contribution is -0.131. The highest BCUT2D eigenvalue weighted by Crippen LogP contribution is 2.27. The lowest BCUT2D eigenvalue weighted by Gasteiger charge is -2.06. The minimum absolute atomic E-state index is 0.170. The highest BCUT2D eigenvalue weighted by molar-refractivity contribution is 9.10. The molecule has 0 radical (unpaired) electrons. The zero-order valence-corrected chi connectivity index (χ0v) is 12.1. The average Bonchev–Trinajstić information content (AvgIpc) is 2.81. The largest absolute Gasteiger partial charge is 0.483 e. The van der Waals surface area contributed by atoms with Crippen molar-refractivity contribution in [2.24, 2.45) is 0 Å². The van der Waals surface area contributed by atoms with Crippen LogP contribution in [0, 0.1) is 6.92 Å². The Morgan fingerprint density at radius 3 is 2.95 bits per heavy atom. The second-order valence-corrected chi connectivity index (χ2v) is 4.74. The number of aromatic nitrogens is 2. The van der Waals surface area contributed by atoms with Crippen LogP contribution in [0.15, 0.2) is 33.3 Å². The van der Waals surface area contributed by atoms with Gasteiger partial charge in [-0.15, -0.1) is 0 Å². The minimum atomic E-state index is -0.992. The molecule has 0 bridgehead atoms. The van der Waals surface area contributed by atoms with Gasteiger partial charge >= 0.3 is 5.97 Å². The van der Waals surface area contributed by atoms with Gasteiger partial charge in [-0.3, -0.25) is 0 Å². The van der Waals surface area contributed by atoms with Crippen LogP contribution < -0.4 is 4.74 Å². The van der Waals surface area contributed by atoms with E-state index in [1.807, 2.05) is 0 Å². The molecule has 0 saturated heterocycles. The number of hydrogen-bond acceptors (Lipinski definition) is 5. The fraction of sp³-hybridized carbons (Fsp3) is 0.154. The van der Waals surface area contributed by atoms with E-state index in [0.29, 0.717) is 21.9 Å². The lowest BCUT2D eigenvalue weighted by atomic mass is 10.2. The van der Waals surface area contributed by atoms with Crippen molar-refractivity contribution in [3.8, 4) is 5.75 Å². The summed E-state index contributed by atoms with van der Waals surface area (Å²) in [6.07, 6.45) is 2.57. The number of carbonyl (C=O) groups is 1. The molecule has 104 valence electrons. The maximum absolute atomic E-state index is 10.4. The molecular formula is C13H11BrN2O4. The summed E-state index contributed by atoms with van der Waals surface area (Å²) in [6.45, 7) is 1.90. The Kier molecular flexibility index (Phi) is 4.52. The fourth-order valence-electron chi connectivity index (χ4n) is 1.44. The summed E-state index contributed by atoms with van der Waals surface area (Å²) in [5.74, 6) is 0.558. The summed E-state index contributed by atoms with van der Waals surface area (Å²) >= 11 is 3.36. The van der Waals surface area contributed by atoms with Crippen LogP contribution in [-0.4, -0.2) is 21.2 Å². The van der Waals surface area contributed by atoms with Crippen molar-refractivity contribution in [2.45, 2.75) is 13.5 Å².